The summed E-state index contributed by atoms with van der Waals surface area (Å²) in [5, 5.41) is 7.02. The zero-order chi connectivity index (χ0) is 18.4. The van der Waals surface area contributed by atoms with Gasteiger partial charge in [-0.05, 0) is 37.3 Å². The third-order valence-electron chi connectivity index (χ3n) is 5.32. The average Bonchev–Trinajstić information content (AvgIpc) is 3.12. The Kier molecular flexibility index (Phi) is 6.04. The molecule has 0 saturated heterocycles. The predicted molar refractivity (Wildman–Crippen MR) is 99.3 cm³/mol. The van der Waals surface area contributed by atoms with Gasteiger partial charge in [-0.25, -0.2) is 0 Å². The molecular formula is C20H28N4O2. The fourth-order valence-electron chi connectivity index (χ4n) is 3.74. The van der Waals surface area contributed by atoms with Gasteiger partial charge in [0.25, 0.3) is 0 Å². The SMILES string of the molecule is CC(NC(=O)CC1(CN)CCCCC1)c1nc(Cc2ccccc2)no1. The highest BCUT2D eigenvalue weighted by Gasteiger charge is 2.33. The second-order valence-electron chi connectivity index (χ2n) is 7.44. The molecule has 1 aromatic carbocycles. The number of carbonyl (C=O) groups excluding carboxylic acids is 1. The Morgan fingerprint density at radius 2 is 2.00 bits per heavy atom. The summed E-state index contributed by atoms with van der Waals surface area (Å²) in [4.78, 5) is 16.9. The monoisotopic (exact) mass is 356 g/mol. The first-order valence-electron chi connectivity index (χ1n) is 9.46. The highest BCUT2D eigenvalue weighted by molar-refractivity contribution is 5.77. The molecule has 6 nitrogen and oxygen atoms in total. The molecule has 1 aromatic heterocycles. The fraction of sp³-hybridized carbons (Fsp3) is 0.550. The van der Waals surface area contributed by atoms with E-state index >= 15 is 0 Å². The zero-order valence-corrected chi connectivity index (χ0v) is 15.4. The van der Waals surface area contributed by atoms with Crippen LogP contribution in [0.3, 0.4) is 0 Å². The summed E-state index contributed by atoms with van der Waals surface area (Å²) in [6, 6.07) is 9.69. The zero-order valence-electron chi connectivity index (χ0n) is 15.4. The van der Waals surface area contributed by atoms with Crippen LogP contribution in [-0.4, -0.2) is 22.6 Å². The van der Waals surface area contributed by atoms with Gasteiger partial charge in [-0.3, -0.25) is 4.79 Å². The molecule has 0 aliphatic heterocycles. The predicted octanol–water partition coefficient (Wildman–Crippen LogP) is 3.14. The van der Waals surface area contributed by atoms with E-state index in [9.17, 15) is 4.79 Å². The van der Waals surface area contributed by atoms with Crippen LogP contribution in [0.5, 0.6) is 0 Å². The second kappa shape index (κ2) is 8.45. The van der Waals surface area contributed by atoms with E-state index in [4.69, 9.17) is 10.3 Å². The molecule has 1 fully saturated rings. The summed E-state index contributed by atoms with van der Waals surface area (Å²) in [5.74, 6) is 1.07. The van der Waals surface area contributed by atoms with Crippen LogP contribution >= 0.6 is 0 Å². The number of aromatic nitrogens is 2. The van der Waals surface area contributed by atoms with Crippen molar-refractivity contribution in [3.8, 4) is 0 Å². The number of nitrogens with zero attached hydrogens (tertiary/aromatic N) is 2. The maximum Gasteiger partial charge on any atom is 0.248 e. The standard InChI is InChI=1S/C20H28N4O2/c1-15(22-18(25)13-20(14-21)10-6-3-7-11-20)19-23-17(24-26-19)12-16-8-4-2-5-9-16/h2,4-5,8-9,15H,3,6-7,10-14,21H2,1H3,(H,22,25). The number of nitrogens with two attached hydrogens (primary N) is 1. The van der Waals surface area contributed by atoms with Crippen LogP contribution in [0.1, 0.15) is 68.8 Å². The maximum absolute atomic E-state index is 12.5. The van der Waals surface area contributed by atoms with E-state index < -0.39 is 0 Å². The highest BCUT2D eigenvalue weighted by Crippen LogP contribution is 2.38. The van der Waals surface area contributed by atoms with Crippen molar-refractivity contribution in [2.75, 3.05) is 6.54 Å². The molecule has 3 rings (SSSR count). The Bertz CT molecular complexity index is 708. The van der Waals surface area contributed by atoms with Crippen molar-refractivity contribution in [3.05, 3.63) is 47.6 Å². The summed E-state index contributed by atoms with van der Waals surface area (Å²) in [6.45, 7) is 2.43. The van der Waals surface area contributed by atoms with Crippen molar-refractivity contribution < 1.29 is 9.32 Å². The number of amides is 1. The molecule has 2 aromatic rings. The maximum atomic E-state index is 12.5. The summed E-state index contributed by atoms with van der Waals surface area (Å²) in [7, 11) is 0. The van der Waals surface area contributed by atoms with Crippen molar-refractivity contribution in [1.29, 1.82) is 0 Å². The molecule has 1 aliphatic carbocycles. The smallest absolute Gasteiger partial charge is 0.248 e. The minimum absolute atomic E-state index is 0.00709. The Morgan fingerprint density at radius 1 is 1.27 bits per heavy atom. The molecule has 1 atom stereocenters. The molecule has 1 saturated carbocycles. The average molecular weight is 356 g/mol. The van der Waals surface area contributed by atoms with Crippen LogP contribution < -0.4 is 11.1 Å². The number of hydrogen-bond acceptors (Lipinski definition) is 5. The molecule has 1 aliphatic rings. The van der Waals surface area contributed by atoms with Crippen molar-refractivity contribution in [1.82, 2.24) is 15.5 Å². The minimum atomic E-state index is -0.307. The lowest BCUT2D eigenvalue weighted by molar-refractivity contribution is -0.124. The number of hydrogen-bond donors (Lipinski definition) is 2. The Labute approximate surface area is 154 Å². The van der Waals surface area contributed by atoms with E-state index in [0.29, 0.717) is 31.1 Å². The summed E-state index contributed by atoms with van der Waals surface area (Å²) in [5.41, 5.74) is 7.06. The van der Waals surface area contributed by atoms with Gasteiger partial charge in [0.05, 0.1) is 0 Å². The summed E-state index contributed by atoms with van der Waals surface area (Å²) in [6.07, 6.45) is 6.71. The van der Waals surface area contributed by atoms with E-state index in [1.165, 1.54) is 6.42 Å². The van der Waals surface area contributed by atoms with Crippen LogP contribution in [0, 0.1) is 5.41 Å². The largest absolute Gasteiger partial charge is 0.345 e. The van der Waals surface area contributed by atoms with Gasteiger partial charge in [-0.1, -0.05) is 54.8 Å². The lowest BCUT2D eigenvalue weighted by atomic mass is 9.71. The normalized spacial score (nSPS) is 17.6. The molecule has 1 heterocycles. The van der Waals surface area contributed by atoms with Crippen LogP contribution in [0.25, 0.3) is 0 Å². The van der Waals surface area contributed by atoms with Crippen molar-refractivity contribution in [3.63, 3.8) is 0 Å². The first kappa shape index (κ1) is 18.6. The van der Waals surface area contributed by atoms with E-state index in [0.717, 1.165) is 31.2 Å². The van der Waals surface area contributed by atoms with Gasteiger partial charge in [0.15, 0.2) is 5.82 Å². The third-order valence-corrected chi connectivity index (χ3v) is 5.32. The number of nitrogens with one attached hydrogen (secondary N) is 1. The van der Waals surface area contributed by atoms with Gasteiger partial charge in [-0.2, -0.15) is 4.98 Å². The first-order valence-corrected chi connectivity index (χ1v) is 9.46. The second-order valence-corrected chi connectivity index (χ2v) is 7.44. The highest BCUT2D eigenvalue weighted by atomic mass is 16.5. The van der Waals surface area contributed by atoms with Gasteiger partial charge < -0.3 is 15.6 Å². The molecule has 6 heteroatoms. The molecule has 140 valence electrons. The lowest BCUT2D eigenvalue weighted by Gasteiger charge is -2.35. The quantitative estimate of drug-likeness (QED) is 0.795. The molecule has 1 unspecified atom stereocenters. The fourth-order valence-corrected chi connectivity index (χ4v) is 3.74. The van der Waals surface area contributed by atoms with Gasteiger partial charge in [0, 0.05) is 12.8 Å². The number of benzene rings is 1. The van der Waals surface area contributed by atoms with Crippen LogP contribution in [0.15, 0.2) is 34.9 Å². The molecule has 0 radical (unpaired) electrons. The van der Waals surface area contributed by atoms with Gasteiger partial charge in [0.1, 0.15) is 6.04 Å². The molecule has 0 bridgehead atoms. The van der Waals surface area contributed by atoms with E-state index in [2.05, 4.69) is 15.5 Å². The molecule has 1 amide bonds. The summed E-state index contributed by atoms with van der Waals surface area (Å²) < 4.78 is 5.34. The molecule has 0 spiro atoms. The van der Waals surface area contributed by atoms with Gasteiger partial charge in [-0.15, -0.1) is 0 Å². The molecule has 26 heavy (non-hydrogen) atoms. The minimum Gasteiger partial charge on any atom is -0.345 e. The van der Waals surface area contributed by atoms with E-state index in [1.807, 2.05) is 37.3 Å². The van der Waals surface area contributed by atoms with E-state index in [-0.39, 0.29) is 17.4 Å². The van der Waals surface area contributed by atoms with Gasteiger partial charge >= 0.3 is 0 Å². The lowest BCUT2D eigenvalue weighted by Crippen LogP contribution is -2.39. The van der Waals surface area contributed by atoms with Crippen molar-refractivity contribution in [2.24, 2.45) is 11.1 Å². The molecular weight excluding hydrogens is 328 g/mol. The van der Waals surface area contributed by atoms with Crippen molar-refractivity contribution in [2.45, 2.75) is 57.9 Å². The van der Waals surface area contributed by atoms with E-state index in [1.54, 1.807) is 0 Å². The number of carbonyl (C=O) groups is 1. The van der Waals surface area contributed by atoms with Crippen LogP contribution in [-0.2, 0) is 11.2 Å². The summed E-state index contributed by atoms with van der Waals surface area (Å²) >= 11 is 0. The Balaban J connectivity index is 1.56. The molecule has 3 N–H and O–H groups in total. The Morgan fingerprint density at radius 3 is 2.69 bits per heavy atom. The number of rotatable bonds is 7. The van der Waals surface area contributed by atoms with Gasteiger partial charge in [0.2, 0.25) is 11.8 Å². The van der Waals surface area contributed by atoms with Crippen LogP contribution in [0.2, 0.25) is 0 Å². The van der Waals surface area contributed by atoms with Crippen molar-refractivity contribution >= 4 is 5.91 Å². The third kappa shape index (κ3) is 4.69. The first-order chi connectivity index (χ1) is 12.6. The Hall–Kier alpha value is -2.21. The topological polar surface area (TPSA) is 94.0 Å². The van der Waals surface area contributed by atoms with Crippen LogP contribution in [0.4, 0.5) is 0 Å².